The van der Waals surface area contributed by atoms with Crippen LogP contribution in [0.3, 0.4) is 0 Å². The van der Waals surface area contributed by atoms with Gasteiger partial charge in [0.15, 0.2) is 0 Å². The highest BCUT2D eigenvalue weighted by atomic mass is 31.1. The van der Waals surface area contributed by atoms with E-state index in [9.17, 15) is 0 Å². The second kappa shape index (κ2) is 8.49. The van der Waals surface area contributed by atoms with Gasteiger partial charge in [-0.05, 0) is 47.9 Å². The molecule has 0 fully saturated rings. The molecule has 0 aromatic heterocycles. The van der Waals surface area contributed by atoms with Gasteiger partial charge in [0.1, 0.15) is 0 Å². The van der Waals surface area contributed by atoms with Crippen molar-refractivity contribution in [3.63, 3.8) is 0 Å². The van der Waals surface area contributed by atoms with Crippen LogP contribution < -0.4 is 0 Å². The van der Waals surface area contributed by atoms with Crippen LogP contribution in [0.15, 0.2) is 60.7 Å². The summed E-state index contributed by atoms with van der Waals surface area (Å²) in [5, 5.41) is 0. The summed E-state index contributed by atoms with van der Waals surface area (Å²) in [7, 11) is 0.104. The zero-order valence-corrected chi connectivity index (χ0v) is 15.2. The van der Waals surface area contributed by atoms with Crippen molar-refractivity contribution < 1.29 is 0 Å². The maximum atomic E-state index is 2.38. The van der Waals surface area contributed by atoms with E-state index in [1.807, 2.05) is 0 Å². The highest BCUT2D eigenvalue weighted by Crippen LogP contribution is 2.42. The SMILES string of the molecule is CC(C)(C)CP(CCc1ccccc1)CCc1ccccc1. The summed E-state index contributed by atoms with van der Waals surface area (Å²) in [6.07, 6.45) is 6.57. The van der Waals surface area contributed by atoms with Crippen LogP contribution in [0.5, 0.6) is 0 Å². The predicted molar refractivity (Wildman–Crippen MR) is 101 cm³/mol. The second-order valence-corrected chi connectivity index (χ2v) is 9.86. The average molecular weight is 312 g/mol. The van der Waals surface area contributed by atoms with Crippen LogP contribution in [0.1, 0.15) is 31.9 Å². The van der Waals surface area contributed by atoms with E-state index in [-0.39, 0.29) is 7.92 Å². The van der Waals surface area contributed by atoms with Gasteiger partial charge in [0.25, 0.3) is 0 Å². The van der Waals surface area contributed by atoms with Gasteiger partial charge in [-0.3, -0.25) is 0 Å². The van der Waals surface area contributed by atoms with Gasteiger partial charge in [-0.1, -0.05) is 81.4 Å². The zero-order valence-electron chi connectivity index (χ0n) is 14.3. The van der Waals surface area contributed by atoms with E-state index in [1.165, 1.54) is 42.5 Å². The van der Waals surface area contributed by atoms with E-state index in [0.717, 1.165) is 0 Å². The Labute approximate surface area is 137 Å². The highest BCUT2D eigenvalue weighted by Gasteiger charge is 2.18. The second-order valence-electron chi connectivity index (χ2n) is 7.31. The van der Waals surface area contributed by atoms with Crippen LogP contribution in [0, 0.1) is 5.41 Å². The van der Waals surface area contributed by atoms with Crippen LogP contribution in [-0.4, -0.2) is 18.5 Å². The highest BCUT2D eigenvalue weighted by molar-refractivity contribution is 7.57. The Morgan fingerprint density at radius 3 is 1.45 bits per heavy atom. The molecule has 0 bridgehead atoms. The predicted octanol–water partition coefficient (Wildman–Crippen LogP) is 6.00. The number of rotatable bonds is 7. The third-order valence-electron chi connectivity index (χ3n) is 3.82. The Bertz CT molecular complexity index is 481. The minimum Gasteiger partial charge on any atom is -0.106 e. The largest absolute Gasteiger partial charge is 0.106 e. The molecule has 0 spiro atoms. The van der Waals surface area contributed by atoms with E-state index in [0.29, 0.717) is 5.41 Å². The summed E-state index contributed by atoms with van der Waals surface area (Å²) < 4.78 is 0. The van der Waals surface area contributed by atoms with Crippen LogP contribution in [0.2, 0.25) is 0 Å². The molecule has 0 aliphatic heterocycles. The number of benzene rings is 2. The minimum absolute atomic E-state index is 0.104. The van der Waals surface area contributed by atoms with E-state index in [2.05, 4.69) is 81.4 Å². The first kappa shape index (κ1) is 17.2. The van der Waals surface area contributed by atoms with E-state index >= 15 is 0 Å². The minimum atomic E-state index is 0.104. The molecule has 0 amide bonds. The third kappa shape index (κ3) is 6.75. The van der Waals surface area contributed by atoms with Gasteiger partial charge in [0, 0.05) is 0 Å². The fraction of sp³-hybridized carbons (Fsp3) is 0.429. The lowest BCUT2D eigenvalue weighted by Gasteiger charge is -2.27. The Morgan fingerprint density at radius 2 is 1.09 bits per heavy atom. The lowest BCUT2D eigenvalue weighted by molar-refractivity contribution is 0.476. The summed E-state index contributed by atoms with van der Waals surface area (Å²) in [5.74, 6) is 0. The smallest absolute Gasteiger partial charge is 0.0239 e. The summed E-state index contributed by atoms with van der Waals surface area (Å²) in [6.45, 7) is 7.15. The fourth-order valence-corrected chi connectivity index (χ4v) is 5.83. The van der Waals surface area contributed by atoms with Crippen molar-refractivity contribution in [3.05, 3.63) is 71.8 Å². The van der Waals surface area contributed by atoms with Crippen molar-refractivity contribution in [1.29, 1.82) is 0 Å². The third-order valence-corrected chi connectivity index (χ3v) is 6.93. The topological polar surface area (TPSA) is 0 Å². The molecular weight excluding hydrogens is 283 g/mol. The van der Waals surface area contributed by atoms with Crippen LogP contribution in [0.4, 0.5) is 0 Å². The maximum Gasteiger partial charge on any atom is -0.0239 e. The molecular formula is C21H29P. The summed E-state index contributed by atoms with van der Waals surface area (Å²) >= 11 is 0. The van der Waals surface area contributed by atoms with Crippen molar-refractivity contribution in [2.75, 3.05) is 18.5 Å². The summed E-state index contributed by atoms with van der Waals surface area (Å²) in [4.78, 5) is 0. The fourth-order valence-electron chi connectivity index (χ4n) is 2.80. The quantitative estimate of drug-likeness (QED) is 0.550. The molecule has 2 rings (SSSR count). The lowest BCUT2D eigenvalue weighted by atomic mass is 10.0. The first-order valence-electron chi connectivity index (χ1n) is 8.33. The molecule has 0 aliphatic carbocycles. The average Bonchev–Trinajstić information content (AvgIpc) is 2.51. The summed E-state index contributed by atoms with van der Waals surface area (Å²) in [5.41, 5.74) is 3.42. The van der Waals surface area contributed by atoms with E-state index in [1.54, 1.807) is 0 Å². The Hall–Kier alpha value is -1.13. The van der Waals surface area contributed by atoms with Crippen molar-refractivity contribution in [3.8, 4) is 0 Å². The molecule has 0 N–H and O–H groups in total. The Morgan fingerprint density at radius 1 is 0.682 bits per heavy atom. The van der Waals surface area contributed by atoms with Gasteiger partial charge in [0.05, 0.1) is 0 Å². The number of aryl methyl sites for hydroxylation is 2. The molecule has 0 atom stereocenters. The standard InChI is InChI=1S/C21H29P/c1-21(2,3)18-22(16-14-19-10-6-4-7-11-19)17-15-20-12-8-5-9-13-20/h4-13H,14-18H2,1-3H3. The molecule has 0 heterocycles. The molecule has 22 heavy (non-hydrogen) atoms. The van der Waals surface area contributed by atoms with Crippen molar-refractivity contribution in [2.24, 2.45) is 5.41 Å². The molecule has 118 valence electrons. The summed E-state index contributed by atoms with van der Waals surface area (Å²) in [6, 6.07) is 21.9. The van der Waals surface area contributed by atoms with Gasteiger partial charge in [0.2, 0.25) is 0 Å². The first-order chi connectivity index (χ1) is 10.5. The maximum absolute atomic E-state index is 2.38. The molecule has 0 aliphatic rings. The lowest BCUT2D eigenvalue weighted by Crippen LogP contribution is -2.14. The first-order valence-corrected chi connectivity index (χ1v) is 10.2. The van der Waals surface area contributed by atoms with Crippen LogP contribution in [0.25, 0.3) is 0 Å². The number of hydrogen-bond acceptors (Lipinski definition) is 0. The Balaban J connectivity index is 1.90. The molecule has 0 unspecified atom stereocenters. The van der Waals surface area contributed by atoms with Gasteiger partial charge >= 0.3 is 0 Å². The number of hydrogen-bond donors (Lipinski definition) is 0. The zero-order chi connectivity index (χ0) is 15.8. The van der Waals surface area contributed by atoms with Gasteiger partial charge in [-0.15, -0.1) is 7.92 Å². The molecule has 0 radical (unpaired) electrons. The van der Waals surface area contributed by atoms with Gasteiger partial charge in [-0.2, -0.15) is 0 Å². The van der Waals surface area contributed by atoms with Gasteiger partial charge in [-0.25, -0.2) is 0 Å². The molecule has 1 heteroatoms. The monoisotopic (exact) mass is 312 g/mol. The molecule has 2 aromatic carbocycles. The van der Waals surface area contributed by atoms with E-state index in [4.69, 9.17) is 0 Å². The molecule has 0 saturated carbocycles. The van der Waals surface area contributed by atoms with Crippen LogP contribution >= 0.6 is 7.92 Å². The molecule has 0 saturated heterocycles. The van der Waals surface area contributed by atoms with Crippen molar-refractivity contribution in [2.45, 2.75) is 33.6 Å². The normalized spacial score (nSPS) is 11.8. The Kier molecular flexibility index (Phi) is 6.65. The molecule has 2 aromatic rings. The van der Waals surface area contributed by atoms with Crippen LogP contribution in [-0.2, 0) is 12.8 Å². The van der Waals surface area contributed by atoms with E-state index < -0.39 is 0 Å². The molecule has 0 nitrogen and oxygen atoms in total. The van der Waals surface area contributed by atoms with Crippen molar-refractivity contribution >= 4 is 7.92 Å². The van der Waals surface area contributed by atoms with Crippen molar-refractivity contribution in [1.82, 2.24) is 0 Å². The van der Waals surface area contributed by atoms with Gasteiger partial charge < -0.3 is 0 Å².